The Hall–Kier alpha value is -2.91. The quantitative estimate of drug-likeness (QED) is 0.242. The van der Waals surface area contributed by atoms with Crippen molar-refractivity contribution in [2.75, 3.05) is 19.0 Å². The van der Waals surface area contributed by atoms with E-state index in [0.29, 0.717) is 23.5 Å². The van der Waals surface area contributed by atoms with Gasteiger partial charge in [0.15, 0.2) is 0 Å². The van der Waals surface area contributed by atoms with Crippen LogP contribution in [0.5, 0.6) is 0 Å². The molecule has 1 amide bonds. The standard InChI is InChI=1S/C18H20N4O4S/c1-26-18(24)14-12-7-8-22(9-11-5-3-2-4-6-11)10-13(12)27-17(14)20-16(23)15(19)21-25/h2-6,25H,7-10H2,1H3,(H2,19,21)(H,20,23). The van der Waals surface area contributed by atoms with E-state index in [0.717, 1.165) is 23.5 Å². The van der Waals surface area contributed by atoms with E-state index in [-0.39, 0.29) is 0 Å². The number of hydrogen-bond donors (Lipinski definition) is 3. The first kappa shape index (κ1) is 18.9. The minimum absolute atomic E-state index is 0.343. The summed E-state index contributed by atoms with van der Waals surface area (Å²) in [5, 5.41) is 14.2. The average Bonchev–Trinajstić information content (AvgIpc) is 3.04. The smallest absolute Gasteiger partial charge is 0.341 e. The van der Waals surface area contributed by atoms with Crippen LogP contribution < -0.4 is 11.1 Å². The van der Waals surface area contributed by atoms with Gasteiger partial charge in [0, 0.05) is 24.5 Å². The molecule has 0 fully saturated rings. The van der Waals surface area contributed by atoms with Crippen LogP contribution in [0.1, 0.15) is 26.4 Å². The highest BCUT2D eigenvalue weighted by atomic mass is 32.1. The molecule has 27 heavy (non-hydrogen) atoms. The maximum atomic E-state index is 12.3. The van der Waals surface area contributed by atoms with E-state index in [1.54, 1.807) is 0 Å². The number of rotatable bonds is 4. The number of carbonyl (C=O) groups is 2. The number of nitrogens with zero attached hydrogens (tertiary/aromatic N) is 2. The maximum absolute atomic E-state index is 12.3. The van der Waals surface area contributed by atoms with Crippen LogP contribution in [-0.4, -0.2) is 41.5 Å². The molecule has 0 unspecified atom stereocenters. The zero-order chi connectivity index (χ0) is 19.4. The lowest BCUT2D eigenvalue weighted by Gasteiger charge is -2.27. The molecule has 8 nitrogen and oxygen atoms in total. The Bertz CT molecular complexity index is 879. The number of ether oxygens (including phenoxy) is 1. The van der Waals surface area contributed by atoms with Crippen LogP contribution in [0.3, 0.4) is 0 Å². The minimum atomic E-state index is -0.776. The molecule has 0 spiro atoms. The fourth-order valence-corrected chi connectivity index (χ4v) is 4.32. The van der Waals surface area contributed by atoms with Gasteiger partial charge in [-0.15, -0.1) is 11.3 Å². The summed E-state index contributed by atoms with van der Waals surface area (Å²) in [4.78, 5) is 27.5. The number of benzene rings is 1. The normalized spacial score (nSPS) is 14.5. The first-order valence-corrected chi connectivity index (χ1v) is 9.13. The molecule has 0 atom stereocenters. The number of methoxy groups -OCH3 is 1. The summed E-state index contributed by atoms with van der Waals surface area (Å²) >= 11 is 1.31. The number of nitrogens with two attached hydrogens (primary N) is 1. The predicted octanol–water partition coefficient (Wildman–Crippen LogP) is 1.78. The third kappa shape index (κ3) is 4.09. The van der Waals surface area contributed by atoms with Crippen molar-refractivity contribution in [3.8, 4) is 0 Å². The number of anilines is 1. The summed E-state index contributed by atoms with van der Waals surface area (Å²) in [5.74, 6) is -1.87. The lowest BCUT2D eigenvalue weighted by atomic mass is 10.0. The number of oxime groups is 1. The molecular formula is C18H20N4O4S. The van der Waals surface area contributed by atoms with E-state index in [1.807, 2.05) is 18.2 Å². The molecule has 1 aliphatic rings. The van der Waals surface area contributed by atoms with Crippen molar-refractivity contribution < 1.29 is 19.5 Å². The van der Waals surface area contributed by atoms with Crippen molar-refractivity contribution in [3.05, 3.63) is 51.9 Å². The first-order chi connectivity index (χ1) is 13.0. The van der Waals surface area contributed by atoms with Gasteiger partial charge in [0.2, 0.25) is 5.84 Å². The number of amides is 1. The highest BCUT2D eigenvalue weighted by Crippen LogP contribution is 2.37. The summed E-state index contributed by atoms with van der Waals surface area (Å²) in [6, 6.07) is 10.1. The second-order valence-corrected chi connectivity index (χ2v) is 7.19. The largest absolute Gasteiger partial charge is 0.465 e. The van der Waals surface area contributed by atoms with Crippen LogP contribution in [-0.2, 0) is 29.0 Å². The van der Waals surface area contributed by atoms with Gasteiger partial charge in [0.25, 0.3) is 5.91 Å². The third-order valence-corrected chi connectivity index (χ3v) is 5.47. The molecule has 2 aromatic rings. The van der Waals surface area contributed by atoms with Gasteiger partial charge in [0.1, 0.15) is 5.00 Å². The Morgan fingerprint density at radius 2 is 2.11 bits per heavy atom. The molecule has 0 radical (unpaired) electrons. The average molecular weight is 388 g/mol. The Labute approximate surface area is 160 Å². The van der Waals surface area contributed by atoms with Crippen LogP contribution in [0.25, 0.3) is 0 Å². The summed E-state index contributed by atoms with van der Waals surface area (Å²) in [6.45, 7) is 2.26. The molecule has 0 saturated carbocycles. The number of amidine groups is 1. The number of nitrogens with one attached hydrogen (secondary N) is 1. The lowest BCUT2D eigenvalue weighted by molar-refractivity contribution is -0.110. The van der Waals surface area contributed by atoms with Crippen molar-refractivity contribution in [1.82, 2.24) is 4.90 Å². The molecule has 9 heteroatoms. The molecule has 1 aromatic carbocycles. The van der Waals surface area contributed by atoms with Gasteiger partial charge in [0.05, 0.1) is 12.7 Å². The van der Waals surface area contributed by atoms with Crippen LogP contribution in [0.2, 0.25) is 0 Å². The molecule has 1 aliphatic heterocycles. The van der Waals surface area contributed by atoms with E-state index in [9.17, 15) is 9.59 Å². The SMILES string of the molecule is COC(=O)c1c(NC(=O)/C(N)=N/O)sc2c1CCN(Cc1ccccc1)C2. The van der Waals surface area contributed by atoms with Gasteiger partial charge in [-0.1, -0.05) is 35.5 Å². The highest BCUT2D eigenvalue weighted by molar-refractivity contribution is 7.17. The summed E-state index contributed by atoms with van der Waals surface area (Å²) in [6.07, 6.45) is 0.669. The number of esters is 1. The van der Waals surface area contributed by atoms with Crippen molar-refractivity contribution in [1.29, 1.82) is 0 Å². The van der Waals surface area contributed by atoms with Crippen molar-refractivity contribution in [2.45, 2.75) is 19.5 Å². The molecule has 3 rings (SSSR count). The molecule has 2 heterocycles. The lowest BCUT2D eigenvalue weighted by Crippen LogP contribution is -2.30. The Morgan fingerprint density at radius 1 is 1.37 bits per heavy atom. The monoisotopic (exact) mass is 388 g/mol. The van der Waals surface area contributed by atoms with E-state index in [2.05, 4.69) is 27.5 Å². The maximum Gasteiger partial charge on any atom is 0.341 e. The summed E-state index contributed by atoms with van der Waals surface area (Å²) in [7, 11) is 1.30. The van der Waals surface area contributed by atoms with Crippen molar-refractivity contribution in [3.63, 3.8) is 0 Å². The van der Waals surface area contributed by atoms with E-state index in [1.165, 1.54) is 24.0 Å². The molecule has 4 N–H and O–H groups in total. The second-order valence-electron chi connectivity index (χ2n) is 6.09. The number of carbonyl (C=O) groups excluding carboxylic acids is 2. The first-order valence-electron chi connectivity index (χ1n) is 8.31. The zero-order valence-corrected chi connectivity index (χ0v) is 15.6. The van der Waals surface area contributed by atoms with Gasteiger partial charge in [-0.2, -0.15) is 0 Å². The van der Waals surface area contributed by atoms with Crippen LogP contribution in [0, 0.1) is 0 Å². The van der Waals surface area contributed by atoms with Gasteiger partial charge in [-0.25, -0.2) is 4.79 Å². The van der Waals surface area contributed by atoms with Crippen LogP contribution in [0.15, 0.2) is 35.5 Å². The predicted molar refractivity (Wildman–Crippen MR) is 102 cm³/mol. The molecular weight excluding hydrogens is 368 g/mol. The van der Waals surface area contributed by atoms with Gasteiger partial charge in [-0.3, -0.25) is 9.69 Å². The number of fused-ring (bicyclic) bond motifs is 1. The second kappa shape index (κ2) is 8.19. The minimum Gasteiger partial charge on any atom is -0.465 e. The van der Waals surface area contributed by atoms with Crippen LogP contribution in [0.4, 0.5) is 5.00 Å². The number of hydrogen-bond acceptors (Lipinski definition) is 7. The van der Waals surface area contributed by atoms with Gasteiger partial charge >= 0.3 is 5.97 Å². The third-order valence-electron chi connectivity index (χ3n) is 4.34. The van der Waals surface area contributed by atoms with Crippen molar-refractivity contribution >= 4 is 34.0 Å². The topological polar surface area (TPSA) is 117 Å². The van der Waals surface area contributed by atoms with Gasteiger partial charge < -0.3 is 21.0 Å². The molecule has 0 bridgehead atoms. The summed E-state index contributed by atoms with van der Waals surface area (Å²) in [5.41, 5.74) is 7.76. The molecule has 1 aromatic heterocycles. The number of thiophene rings is 1. The molecule has 0 saturated heterocycles. The Morgan fingerprint density at radius 3 is 2.78 bits per heavy atom. The zero-order valence-electron chi connectivity index (χ0n) is 14.8. The Balaban J connectivity index is 1.85. The molecule has 0 aliphatic carbocycles. The van der Waals surface area contributed by atoms with Gasteiger partial charge in [-0.05, 0) is 17.5 Å². The highest BCUT2D eigenvalue weighted by Gasteiger charge is 2.29. The summed E-state index contributed by atoms with van der Waals surface area (Å²) < 4.78 is 4.88. The van der Waals surface area contributed by atoms with E-state index >= 15 is 0 Å². The van der Waals surface area contributed by atoms with E-state index in [4.69, 9.17) is 15.7 Å². The Kier molecular flexibility index (Phi) is 5.72. The van der Waals surface area contributed by atoms with E-state index < -0.39 is 17.7 Å². The fraction of sp³-hybridized carbons (Fsp3) is 0.278. The fourth-order valence-electron chi connectivity index (χ4n) is 3.05. The van der Waals surface area contributed by atoms with Crippen LogP contribution >= 0.6 is 11.3 Å². The molecule has 142 valence electrons. The van der Waals surface area contributed by atoms with Crippen molar-refractivity contribution in [2.24, 2.45) is 10.9 Å².